The predicted molar refractivity (Wildman–Crippen MR) is 216 cm³/mol. The molecule has 2 N–H and O–H groups in total. The van der Waals surface area contributed by atoms with Crippen molar-refractivity contribution in [2.75, 3.05) is 0 Å². The van der Waals surface area contributed by atoms with Gasteiger partial charge in [-0.1, -0.05) is 97.1 Å². The fraction of sp³-hybridized carbons (Fsp3) is 0.0444. The van der Waals surface area contributed by atoms with E-state index >= 15 is 0 Å². The van der Waals surface area contributed by atoms with E-state index in [-0.39, 0.29) is 12.3 Å². The van der Waals surface area contributed by atoms with Crippen LogP contribution in [0.15, 0.2) is 161 Å². The molecule has 0 amide bonds. The highest BCUT2D eigenvalue weighted by Crippen LogP contribution is 2.43. The molecule has 3 aromatic heterocycles. The van der Waals surface area contributed by atoms with E-state index in [4.69, 9.17) is 9.41 Å². The molecule has 1 aliphatic rings. The van der Waals surface area contributed by atoms with Gasteiger partial charge in [-0.2, -0.15) is 0 Å². The van der Waals surface area contributed by atoms with E-state index in [2.05, 4.69) is 150 Å². The topological polar surface area (TPSA) is 49.6 Å². The molecule has 6 heteroatoms. The summed E-state index contributed by atoms with van der Waals surface area (Å²) in [6, 6.07) is 54.4. The number of amidine groups is 1. The lowest BCUT2D eigenvalue weighted by Crippen LogP contribution is -2.44. The zero-order valence-corrected chi connectivity index (χ0v) is 28.9. The fourth-order valence-corrected chi connectivity index (χ4v) is 9.98. The van der Waals surface area contributed by atoms with E-state index < -0.39 is 0 Å². The third-order valence-electron chi connectivity index (χ3n) is 10.2. The van der Waals surface area contributed by atoms with E-state index in [1.54, 1.807) is 0 Å². The first kappa shape index (κ1) is 29.0. The summed E-state index contributed by atoms with van der Waals surface area (Å²) in [6.45, 7) is 0. The Labute approximate surface area is 301 Å². The van der Waals surface area contributed by atoms with Gasteiger partial charge in [0.15, 0.2) is 0 Å². The first-order valence-corrected chi connectivity index (χ1v) is 18.8. The van der Waals surface area contributed by atoms with Crippen LogP contribution in [0.25, 0.3) is 73.4 Å². The number of aliphatic imine (C=N–C) groups is 1. The molecule has 10 aromatic rings. The number of para-hydroxylation sites is 1. The van der Waals surface area contributed by atoms with Gasteiger partial charge in [-0.15, -0.1) is 22.7 Å². The second-order valence-corrected chi connectivity index (χ2v) is 15.3. The van der Waals surface area contributed by atoms with Gasteiger partial charge in [0, 0.05) is 56.7 Å². The molecule has 0 saturated carbocycles. The molecule has 0 radical (unpaired) electrons. The summed E-state index contributed by atoms with van der Waals surface area (Å²) >= 11 is 3.73. The first-order chi connectivity index (χ1) is 25.2. The summed E-state index contributed by atoms with van der Waals surface area (Å²) in [6.07, 6.45) is -0.378. The number of hydrogen-bond donors (Lipinski definition) is 2. The van der Waals surface area contributed by atoms with Gasteiger partial charge in [0.25, 0.3) is 0 Å². The number of nitrogens with zero attached hydrogens (tertiary/aromatic N) is 1. The first-order valence-electron chi connectivity index (χ1n) is 17.2. The van der Waals surface area contributed by atoms with Crippen LogP contribution in [0.4, 0.5) is 0 Å². The molecule has 7 aromatic carbocycles. The van der Waals surface area contributed by atoms with Crippen LogP contribution in [-0.2, 0) is 0 Å². The molecule has 4 nitrogen and oxygen atoms in total. The molecule has 51 heavy (non-hydrogen) atoms. The third-order valence-corrected chi connectivity index (χ3v) is 12.5. The van der Waals surface area contributed by atoms with E-state index in [1.165, 1.54) is 51.5 Å². The predicted octanol–water partition coefficient (Wildman–Crippen LogP) is 12.3. The summed E-state index contributed by atoms with van der Waals surface area (Å²) in [5, 5.41) is 14.9. The summed E-state index contributed by atoms with van der Waals surface area (Å²) in [5.74, 6) is 0.872. The van der Waals surface area contributed by atoms with Gasteiger partial charge in [0.05, 0.1) is 0 Å². The van der Waals surface area contributed by atoms with Crippen molar-refractivity contribution in [3.63, 3.8) is 0 Å². The lowest BCUT2D eigenvalue weighted by Gasteiger charge is -2.32. The highest BCUT2D eigenvalue weighted by molar-refractivity contribution is 7.26. The van der Waals surface area contributed by atoms with Crippen molar-refractivity contribution < 1.29 is 4.42 Å². The molecule has 2 atom stereocenters. The maximum Gasteiger partial charge on any atom is 0.135 e. The van der Waals surface area contributed by atoms with Gasteiger partial charge < -0.3 is 9.73 Å². The number of rotatable bonds is 4. The van der Waals surface area contributed by atoms with Crippen molar-refractivity contribution >= 4 is 90.8 Å². The van der Waals surface area contributed by atoms with Crippen molar-refractivity contribution in [1.82, 2.24) is 10.6 Å². The van der Waals surface area contributed by atoms with E-state index in [0.717, 1.165) is 44.5 Å². The Morgan fingerprint density at radius 2 is 1.20 bits per heavy atom. The Hall–Kier alpha value is -5.79. The normalized spacial score (nSPS) is 16.4. The Balaban J connectivity index is 1.04. The second kappa shape index (κ2) is 11.4. The largest absolute Gasteiger partial charge is 0.456 e. The van der Waals surface area contributed by atoms with Crippen LogP contribution >= 0.6 is 22.7 Å². The van der Waals surface area contributed by atoms with Crippen molar-refractivity contribution in [2.45, 2.75) is 12.3 Å². The quantitative estimate of drug-likeness (QED) is 0.193. The van der Waals surface area contributed by atoms with Gasteiger partial charge in [-0.05, 0) is 76.9 Å². The van der Waals surface area contributed by atoms with Crippen LogP contribution in [-0.4, -0.2) is 5.84 Å². The minimum Gasteiger partial charge on any atom is -0.456 e. The average molecular weight is 692 g/mol. The van der Waals surface area contributed by atoms with Crippen LogP contribution in [0.2, 0.25) is 0 Å². The zero-order chi connectivity index (χ0) is 33.5. The van der Waals surface area contributed by atoms with Crippen molar-refractivity contribution in [3.05, 3.63) is 168 Å². The summed E-state index contributed by atoms with van der Waals surface area (Å²) in [4.78, 5) is 5.33. The van der Waals surface area contributed by atoms with Gasteiger partial charge in [-0.3, -0.25) is 5.32 Å². The van der Waals surface area contributed by atoms with Gasteiger partial charge in [-0.25, -0.2) is 4.99 Å². The van der Waals surface area contributed by atoms with Gasteiger partial charge in [0.2, 0.25) is 0 Å². The summed E-state index contributed by atoms with van der Waals surface area (Å²) in [7, 11) is 0. The number of benzene rings is 7. The number of furan rings is 1. The standard InChI is InChI=1S/C45H29N3OS2/c1-2-9-26(10-3-1)43-46-44(28-17-20-38-34(24-28)31-11-4-6-15-37(31)49-38)48-45(47-43)29-19-22-41-36(25-29)35-23-27(18-21-40(35)50-41)30-13-8-14-33-32-12-5-7-16-39(32)51-42(30)33/h1-25,43-44,46H,(H,47,48). The van der Waals surface area contributed by atoms with Crippen LogP contribution in [0.5, 0.6) is 0 Å². The molecule has 1 aliphatic heterocycles. The SMILES string of the molecule is c1ccc(C2NC(c3ccc4sc5ccc(-c6cccc7c6sc6ccccc67)cc5c4c3)=NC(c3ccc4oc5ccccc5c4c3)N2)cc1. The highest BCUT2D eigenvalue weighted by Gasteiger charge is 2.26. The highest BCUT2D eigenvalue weighted by atomic mass is 32.1. The minimum atomic E-state index is -0.257. The minimum absolute atomic E-state index is 0.121. The van der Waals surface area contributed by atoms with Crippen molar-refractivity contribution in [2.24, 2.45) is 4.99 Å². The molecule has 0 bridgehead atoms. The second-order valence-electron chi connectivity index (χ2n) is 13.2. The van der Waals surface area contributed by atoms with Crippen LogP contribution in [0, 0.1) is 0 Å². The number of nitrogens with one attached hydrogen (secondary N) is 2. The molecule has 11 rings (SSSR count). The van der Waals surface area contributed by atoms with Crippen LogP contribution in [0.1, 0.15) is 29.0 Å². The van der Waals surface area contributed by atoms with Crippen LogP contribution in [0.3, 0.4) is 0 Å². The van der Waals surface area contributed by atoms with E-state index in [1.807, 2.05) is 34.8 Å². The molecule has 0 aliphatic carbocycles. The Bertz CT molecular complexity index is 3010. The lowest BCUT2D eigenvalue weighted by molar-refractivity contribution is 0.409. The van der Waals surface area contributed by atoms with Gasteiger partial charge in [0.1, 0.15) is 29.3 Å². The summed E-state index contributed by atoms with van der Waals surface area (Å²) < 4.78 is 11.4. The fourth-order valence-electron chi connectivity index (χ4n) is 7.67. The van der Waals surface area contributed by atoms with E-state index in [0.29, 0.717) is 0 Å². The molecule has 2 unspecified atom stereocenters. The molecule has 4 heterocycles. The Morgan fingerprint density at radius 3 is 2.08 bits per heavy atom. The van der Waals surface area contributed by atoms with Gasteiger partial charge >= 0.3 is 0 Å². The van der Waals surface area contributed by atoms with Crippen molar-refractivity contribution in [1.29, 1.82) is 0 Å². The lowest BCUT2D eigenvalue weighted by atomic mass is 10.00. The average Bonchev–Trinajstić information content (AvgIpc) is 3.88. The molecule has 242 valence electrons. The zero-order valence-electron chi connectivity index (χ0n) is 27.3. The van der Waals surface area contributed by atoms with E-state index in [9.17, 15) is 0 Å². The smallest absolute Gasteiger partial charge is 0.135 e. The Kier molecular flexibility index (Phi) is 6.46. The number of fused-ring (bicyclic) bond motifs is 9. The maximum atomic E-state index is 6.15. The Morgan fingerprint density at radius 1 is 0.490 bits per heavy atom. The summed E-state index contributed by atoms with van der Waals surface area (Å²) in [5.41, 5.74) is 7.63. The molecule has 0 spiro atoms. The molecular weight excluding hydrogens is 663 g/mol. The molecular formula is C45H29N3OS2. The molecule has 0 saturated heterocycles. The third kappa shape index (κ3) is 4.72. The monoisotopic (exact) mass is 691 g/mol. The number of hydrogen-bond acceptors (Lipinski definition) is 6. The number of thiophene rings is 2. The van der Waals surface area contributed by atoms with Crippen molar-refractivity contribution in [3.8, 4) is 11.1 Å². The van der Waals surface area contributed by atoms with Crippen LogP contribution < -0.4 is 10.6 Å². The maximum absolute atomic E-state index is 6.15. The molecule has 0 fully saturated rings.